The van der Waals surface area contributed by atoms with Crippen molar-refractivity contribution in [3.8, 4) is 0 Å². The molecular formula is C16H22N2O2. The van der Waals surface area contributed by atoms with E-state index >= 15 is 0 Å². The summed E-state index contributed by atoms with van der Waals surface area (Å²) in [6.07, 6.45) is 9.11. The van der Waals surface area contributed by atoms with Gasteiger partial charge in [0.1, 0.15) is 5.56 Å². The molecule has 1 aromatic heterocycles. The van der Waals surface area contributed by atoms with E-state index in [1.807, 2.05) is 6.92 Å². The molecule has 4 bridgehead atoms. The van der Waals surface area contributed by atoms with Gasteiger partial charge in [-0.1, -0.05) is 6.92 Å². The summed E-state index contributed by atoms with van der Waals surface area (Å²) in [6, 6.07) is 0.464. The highest BCUT2D eigenvalue weighted by Gasteiger charge is 2.49. The van der Waals surface area contributed by atoms with Gasteiger partial charge in [-0.3, -0.25) is 4.68 Å². The molecule has 4 heteroatoms. The minimum absolute atomic E-state index is 0.404. The first kappa shape index (κ1) is 12.4. The van der Waals surface area contributed by atoms with E-state index in [0.29, 0.717) is 11.6 Å². The fourth-order valence-electron chi connectivity index (χ4n) is 5.47. The van der Waals surface area contributed by atoms with Crippen LogP contribution >= 0.6 is 0 Å². The maximum absolute atomic E-state index is 11.3. The van der Waals surface area contributed by atoms with Gasteiger partial charge in [-0.25, -0.2) is 4.79 Å². The lowest BCUT2D eigenvalue weighted by atomic mass is 9.54. The van der Waals surface area contributed by atoms with Crippen molar-refractivity contribution >= 4 is 5.97 Å². The van der Waals surface area contributed by atoms with Gasteiger partial charge in [-0.2, -0.15) is 5.10 Å². The summed E-state index contributed by atoms with van der Waals surface area (Å²) in [5.41, 5.74) is 1.33. The number of aromatic nitrogens is 2. The van der Waals surface area contributed by atoms with Gasteiger partial charge in [0.15, 0.2) is 0 Å². The van der Waals surface area contributed by atoms with Crippen molar-refractivity contribution in [3.63, 3.8) is 0 Å². The van der Waals surface area contributed by atoms with E-state index in [-0.39, 0.29) is 0 Å². The van der Waals surface area contributed by atoms with Crippen molar-refractivity contribution in [2.45, 2.75) is 51.5 Å². The number of nitrogens with zero attached hydrogens (tertiary/aromatic N) is 2. The Balaban J connectivity index is 1.73. The molecule has 1 aromatic rings. The van der Waals surface area contributed by atoms with Crippen molar-refractivity contribution < 1.29 is 9.90 Å². The predicted molar refractivity (Wildman–Crippen MR) is 74.6 cm³/mol. The average Bonchev–Trinajstić information content (AvgIpc) is 2.81. The molecule has 0 amide bonds. The van der Waals surface area contributed by atoms with Gasteiger partial charge in [0.25, 0.3) is 0 Å². The normalized spacial score (nSPS) is 38.4. The van der Waals surface area contributed by atoms with Crippen LogP contribution in [-0.4, -0.2) is 20.9 Å². The second-order valence-corrected chi connectivity index (χ2v) is 7.03. The van der Waals surface area contributed by atoms with E-state index < -0.39 is 5.97 Å². The molecule has 20 heavy (non-hydrogen) atoms. The van der Waals surface area contributed by atoms with Crippen molar-refractivity contribution in [2.75, 3.05) is 0 Å². The largest absolute Gasteiger partial charge is 0.478 e. The maximum Gasteiger partial charge on any atom is 0.339 e. The lowest BCUT2D eigenvalue weighted by Gasteiger charge is -2.54. The van der Waals surface area contributed by atoms with Crippen LogP contribution in [-0.2, 0) is 6.42 Å². The molecule has 0 aliphatic heterocycles. The summed E-state index contributed by atoms with van der Waals surface area (Å²) < 4.78 is 2.09. The first-order valence-electron chi connectivity index (χ1n) is 7.97. The number of aromatic carboxylic acids is 1. The van der Waals surface area contributed by atoms with E-state index in [4.69, 9.17) is 0 Å². The highest BCUT2D eigenvalue weighted by molar-refractivity contribution is 5.88. The summed E-state index contributed by atoms with van der Waals surface area (Å²) in [5.74, 6) is 2.51. The standard InChI is InChI=1S/C16H22N2O2/c1-2-14-13(16(19)20)8-17-18(14)15-11-4-9-3-10(6-11)7-12(15)5-9/h8-12,15H,2-7H2,1H3,(H,19,20). The topological polar surface area (TPSA) is 55.1 Å². The number of hydrogen-bond donors (Lipinski definition) is 1. The second-order valence-electron chi connectivity index (χ2n) is 7.03. The van der Waals surface area contributed by atoms with Gasteiger partial charge in [0.2, 0.25) is 0 Å². The zero-order chi connectivity index (χ0) is 13.9. The lowest BCUT2D eigenvalue weighted by Crippen LogP contribution is -2.46. The van der Waals surface area contributed by atoms with E-state index in [1.165, 1.54) is 32.1 Å². The molecule has 4 aliphatic carbocycles. The van der Waals surface area contributed by atoms with Gasteiger partial charge in [0, 0.05) is 0 Å². The third-order valence-corrected chi connectivity index (χ3v) is 5.92. The summed E-state index contributed by atoms with van der Waals surface area (Å²) >= 11 is 0. The van der Waals surface area contributed by atoms with Crippen LogP contribution in [0.15, 0.2) is 6.20 Å². The molecule has 108 valence electrons. The zero-order valence-electron chi connectivity index (χ0n) is 12.0. The molecule has 0 aromatic carbocycles. The van der Waals surface area contributed by atoms with Gasteiger partial charge in [-0.05, 0) is 62.2 Å². The van der Waals surface area contributed by atoms with Crippen molar-refractivity contribution in [1.29, 1.82) is 0 Å². The molecule has 4 fully saturated rings. The van der Waals surface area contributed by atoms with E-state index in [2.05, 4.69) is 9.78 Å². The molecule has 4 saturated carbocycles. The Kier molecular flexibility index (Phi) is 2.69. The fraction of sp³-hybridized carbons (Fsp3) is 0.750. The summed E-state index contributed by atoms with van der Waals surface area (Å²) in [5, 5.41) is 13.8. The number of rotatable bonds is 3. The predicted octanol–water partition coefficient (Wildman–Crippen LogP) is 3.14. The summed E-state index contributed by atoms with van der Waals surface area (Å²) in [6.45, 7) is 2.04. The smallest absolute Gasteiger partial charge is 0.339 e. The molecule has 4 nitrogen and oxygen atoms in total. The van der Waals surface area contributed by atoms with Crippen LogP contribution in [0.3, 0.4) is 0 Å². The number of hydrogen-bond acceptors (Lipinski definition) is 2. The van der Waals surface area contributed by atoms with Crippen LogP contribution in [0.5, 0.6) is 0 Å². The molecule has 4 aliphatic rings. The third kappa shape index (κ3) is 1.66. The Morgan fingerprint density at radius 3 is 2.35 bits per heavy atom. The highest BCUT2D eigenvalue weighted by atomic mass is 16.4. The molecular weight excluding hydrogens is 252 g/mol. The van der Waals surface area contributed by atoms with Gasteiger partial charge >= 0.3 is 5.97 Å². The molecule has 1 heterocycles. The number of carbonyl (C=O) groups is 1. The molecule has 1 N–H and O–H groups in total. The minimum atomic E-state index is -0.836. The minimum Gasteiger partial charge on any atom is -0.478 e. The SMILES string of the molecule is CCc1c(C(=O)O)cnn1C1C2CC3CC(C2)CC1C3. The zero-order valence-corrected chi connectivity index (χ0v) is 12.0. The molecule has 0 atom stereocenters. The van der Waals surface area contributed by atoms with Crippen LogP contribution in [0.1, 0.15) is 61.1 Å². The Morgan fingerprint density at radius 1 is 1.25 bits per heavy atom. The average molecular weight is 274 g/mol. The third-order valence-electron chi connectivity index (χ3n) is 5.92. The molecule has 0 saturated heterocycles. The van der Waals surface area contributed by atoms with E-state index in [0.717, 1.165) is 35.8 Å². The van der Waals surface area contributed by atoms with Crippen LogP contribution in [0, 0.1) is 23.7 Å². The van der Waals surface area contributed by atoms with E-state index in [1.54, 1.807) is 6.20 Å². The van der Waals surface area contributed by atoms with Crippen molar-refractivity contribution in [1.82, 2.24) is 9.78 Å². The first-order valence-corrected chi connectivity index (χ1v) is 7.97. The Bertz CT molecular complexity index is 521. The fourth-order valence-corrected chi connectivity index (χ4v) is 5.47. The second kappa shape index (κ2) is 4.34. The van der Waals surface area contributed by atoms with Gasteiger partial charge in [0.05, 0.1) is 17.9 Å². The van der Waals surface area contributed by atoms with Crippen LogP contribution in [0.2, 0.25) is 0 Å². The molecule has 0 unspecified atom stereocenters. The van der Waals surface area contributed by atoms with E-state index in [9.17, 15) is 9.90 Å². The summed E-state index contributed by atoms with van der Waals surface area (Å²) in [7, 11) is 0. The van der Waals surface area contributed by atoms with Crippen LogP contribution in [0.25, 0.3) is 0 Å². The number of carboxylic acid groups (broad SMARTS) is 1. The molecule has 0 spiro atoms. The first-order chi connectivity index (χ1) is 9.67. The monoisotopic (exact) mass is 274 g/mol. The van der Waals surface area contributed by atoms with Crippen LogP contribution < -0.4 is 0 Å². The maximum atomic E-state index is 11.3. The van der Waals surface area contributed by atoms with Crippen molar-refractivity contribution in [3.05, 3.63) is 17.5 Å². The highest BCUT2D eigenvalue weighted by Crippen LogP contribution is 2.58. The number of carboxylic acids is 1. The Labute approximate surface area is 119 Å². The Hall–Kier alpha value is -1.32. The lowest BCUT2D eigenvalue weighted by molar-refractivity contribution is -0.0346. The van der Waals surface area contributed by atoms with Crippen LogP contribution in [0.4, 0.5) is 0 Å². The van der Waals surface area contributed by atoms with Gasteiger partial charge < -0.3 is 5.11 Å². The van der Waals surface area contributed by atoms with Crippen molar-refractivity contribution in [2.24, 2.45) is 23.7 Å². The molecule has 5 rings (SSSR count). The molecule has 0 radical (unpaired) electrons. The quantitative estimate of drug-likeness (QED) is 0.921. The Morgan fingerprint density at radius 2 is 1.85 bits per heavy atom. The van der Waals surface area contributed by atoms with Gasteiger partial charge in [-0.15, -0.1) is 0 Å². The summed E-state index contributed by atoms with van der Waals surface area (Å²) in [4.78, 5) is 11.3.